The monoisotopic (exact) mass is 258 g/mol. The molecule has 0 saturated carbocycles. The van der Waals surface area contributed by atoms with Gasteiger partial charge in [0.25, 0.3) is 0 Å². The molecule has 1 saturated heterocycles. The van der Waals surface area contributed by atoms with Crippen LogP contribution in [0.5, 0.6) is 6.01 Å². The van der Waals surface area contributed by atoms with Crippen LogP contribution < -0.4 is 9.64 Å². The van der Waals surface area contributed by atoms with E-state index in [-0.39, 0.29) is 23.8 Å². The van der Waals surface area contributed by atoms with Crippen molar-refractivity contribution in [2.45, 2.75) is 13.3 Å². The first kappa shape index (κ1) is 12.3. The lowest BCUT2D eigenvalue weighted by atomic mass is 10.1. The minimum absolute atomic E-state index is 0.130. The second kappa shape index (κ2) is 5.46. The number of ether oxygens (including phenoxy) is 1. The van der Waals surface area contributed by atoms with E-state index in [4.69, 9.17) is 21.4 Å². The molecule has 0 aromatic carbocycles. The van der Waals surface area contributed by atoms with Crippen LogP contribution in [0.3, 0.4) is 0 Å². The summed E-state index contributed by atoms with van der Waals surface area (Å²) >= 11 is 5.82. The van der Waals surface area contributed by atoms with Gasteiger partial charge in [-0.1, -0.05) is 0 Å². The average molecular weight is 259 g/mol. The van der Waals surface area contributed by atoms with Crippen molar-refractivity contribution >= 4 is 17.5 Å². The predicted octanol–water partition coefficient (Wildman–Crippen LogP) is 0.742. The molecule has 0 aliphatic carbocycles. The van der Waals surface area contributed by atoms with E-state index in [2.05, 4.69) is 15.0 Å². The summed E-state index contributed by atoms with van der Waals surface area (Å²) in [5.74, 6) is 0.797. The van der Waals surface area contributed by atoms with E-state index in [0.717, 1.165) is 19.5 Å². The summed E-state index contributed by atoms with van der Waals surface area (Å²) in [5, 5.41) is 9.22. The van der Waals surface area contributed by atoms with Gasteiger partial charge in [0.2, 0.25) is 11.2 Å². The Balaban J connectivity index is 2.15. The van der Waals surface area contributed by atoms with Crippen LogP contribution in [-0.4, -0.2) is 46.4 Å². The number of aliphatic hydroxyl groups is 1. The van der Waals surface area contributed by atoms with E-state index in [0.29, 0.717) is 12.6 Å². The van der Waals surface area contributed by atoms with E-state index in [9.17, 15) is 0 Å². The van der Waals surface area contributed by atoms with Gasteiger partial charge in [0.15, 0.2) is 0 Å². The van der Waals surface area contributed by atoms with E-state index < -0.39 is 0 Å². The van der Waals surface area contributed by atoms with Crippen molar-refractivity contribution < 1.29 is 9.84 Å². The molecular weight excluding hydrogens is 244 g/mol. The first-order valence-electron chi connectivity index (χ1n) is 5.63. The highest BCUT2D eigenvalue weighted by molar-refractivity contribution is 6.28. The Bertz CT molecular complexity index is 391. The molecule has 2 rings (SSSR count). The molecule has 0 spiro atoms. The zero-order chi connectivity index (χ0) is 12.3. The quantitative estimate of drug-likeness (QED) is 0.859. The first-order chi connectivity index (χ1) is 8.22. The zero-order valence-electron chi connectivity index (χ0n) is 9.64. The van der Waals surface area contributed by atoms with E-state index >= 15 is 0 Å². The smallest absolute Gasteiger partial charge is 0.322 e. The van der Waals surface area contributed by atoms with Crippen LogP contribution in [0, 0.1) is 5.92 Å². The lowest BCUT2D eigenvalue weighted by Gasteiger charge is -2.16. The average Bonchev–Trinajstić information content (AvgIpc) is 2.77. The van der Waals surface area contributed by atoms with Crippen molar-refractivity contribution in [3.8, 4) is 6.01 Å². The van der Waals surface area contributed by atoms with E-state index in [1.807, 2.05) is 11.8 Å². The number of nitrogens with zero attached hydrogens (tertiary/aromatic N) is 4. The summed E-state index contributed by atoms with van der Waals surface area (Å²) in [5.41, 5.74) is 0. The van der Waals surface area contributed by atoms with Gasteiger partial charge in [0, 0.05) is 25.6 Å². The number of hydrogen-bond donors (Lipinski definition) is 1. The Kier molecular flexibility index (Phi) is 3.96. The molecule has 7 heteroatoms. The molecule has 94 valence electrons. The number of halogens is 1. The molecule has 0 radical (unpaired) electrons. The van der Waals surface area contributed by atoms with Crippen LogP contribution >= 0.6 is 11.6 Å². The maximum Gasteiger partial charge on any atom is 0.322 e. The standard InChI is InChI=1S/C10H15ClN4O2/c1-2-17-10-13-8(11)12-9(14-10)15-4-3-7(5-15)6-16/h7,16H,2-6H2,1H3. The largest absolute Gasteiger partial charge is 0.464 e. The fourth-order valence-corrected chi connectivity index (χ4v) is 1.97. The van der Waals surface area contributed by atoms with Gasteiger partial charge in [-0.2, -0.15) is 15.0 Å². The van der Waals surface area contributed by atoms with Gasteiger partial charge in [-0.3, -0.25) is 0 Å². The van der Waals surface area contributed by atoms with Crippen molar-refractivity contribution in [3.05, 3.63) is 5.28 Å². The van der Waals surface area contributed by atoms with Crippen LogP contribution in [0.2, 0.25) is 5.28 Å². The van der Waals surface area contributed by atoms with Crippen molar-refractivity contribution in [3.63, 3.8) is 0 Å². The minimum atomic E-state index is 0.130. The van der Waals surface area contributed by atoms with Crippen LogP contribution in [-0.2, 0) is 0 Å². The van der Waals surface area contributed by atoms with Gasteiger partial charge in [-0.05, 0) is 24.9 Å². The SMILES string of the molecule is CCOc1nc(Cl)nc(N2CCC(CO)C2)n1. The van der Waals surface area contributed by atoms with Gasteiger partial charge in [0.05, 0.1) is 6.61 Å². The highest BCUT2D eigenvalue weighted by Gasteiger charge is 2.24. The van der Waals surface area contributed by atoms with Crippen LogP contribution in [0.15, 0.2) is 0 Å². The first-order valence-corrected chi connectivity index (χ1v) is 6.01. The summed E-state index contributed by atoms with van der Waals surface area (Å²) < 4.78 is 5.22. The third-order valence-electron chi connectivity index (χ3n) is 2.68. The van der Waals surface area contributed by atoms with Crippen molar-refractivity contribution in [2.24, 2.45) is 5.92 Å². The maximum atomic E-state index is 9.09. The summed E-state index contributed by atoms with van der Waals surface area (Å²) in [6.07, 6.45) is 0.934. The summed E-state index contributed by atoms with van der Waals surface area (Å²) in [6, 6.07) is 0.245. The molecule has 2 heterocycles. The molecule has 1 aromatic rings. The Hall–Kier alpha value is -1.14. The highest BCUT2D eigenvalue weighted by Crippen LogP contribution is 2.22. The van der Waals surface area contributed by atoms with Gasteiger partial charge < -0.3 is 14.7 Å². The van der Waals surface area contributed by atoms with Crippen LogP contribution in [0.1, 0.15) is 13.3 Å². The normalized spacial score (nSPS) is 19.7. The predicted molar refractivity (Wildman–Crippen MR) is 63.4 cm³/mol. The summed E-state index contributed by atoms with van der Waals surface area (Å²) in [6.45, 7) is 4.08. The number of anilines is 1. The molecule has 1 unspecified atom stereocenters. The van der Waals surface area contributed by atoms with Gasteiger partial charge in [-0.15, -0.1) is 0 Å². The molecule has 0 amide bonds. The van der Waals surface area contributed by atoms with Crippen LogP contribution in [0.4, 0.5) is 5.95 Å². The molecule has 1 atom stereocenters. The summed E-state index contributed by atoms with van der Waals surface area (Å²) in [7, 11) is 0. The fourth-order valence-electron chi connectivity index (χ4n) is 1.82. The summed E-state index contributed by atoms with van der Waals surface area (Å²) in [4.78, 5) is 14.1. The minimum Gasteiger partial charge on any atom is -0.464 e. The second-order valence-electron chi connectivity index (χ2n) is 3.90. The third kappa shape index (κ3) is 2.95. The van der Waals surface area contributed by atoms with Gasteiger partial charge >= 0.3 is 6.01 Å². The van der Waals surface area contributed by atoms with Gasteiger partial charge in [0.1, 0.15) is 0 Å². The van der Waals surface area contributed by atoms with Crippen LogP contribution in [0.25, 0.3) is 0 Å². The van der Waals surface area contributed by atoms with Crippen molar-refractivity contribution in [1.82, 2.24) is 15.0 Å². The molecule has 6 nitrogen and oxygen atoms in total. The lowest BCUT2D eigenvalue weighted by molar-refractivity contribution is 0.238. The third-order valence-corrected chi connectivity index (χ3v) is 2.85. The zero-order valence-corrected chi connectivity index (χ0v) is 10.4. The molecule has 1 aliphatic heterocycles. The number of rotatable bonds is 4. The highest BCUT2D eigenvalue weighted by atomic mass is 35.5. The topological polar surface area (TPSA) is 71.4 Å². The number of aliphatic hydroxyl groups excluding tert-OH is 1. The lowest BCUT2D eigenvalue weighted by Crippen LogP contribution is -2.23. The number of hydrogen-bond acceptors (Lipinski definition) is 6. The molecule has 1 aliphatic rings. The molecule has 1 aromatic heterocycles. The Labute approximate surface area is 105 Å². The second-order valence-corrected chi connectivity index (χ2v) is 4.24. The number of aromatic nitrogens is 3. The molecule has 1 fully saturated rings. The maximum absolute atomic E-state index is 9.09. The Morgan fingerprint density at radius 2 is 2.29 bits per heavy atom. The van der Waals surface area contributed by atoms with Crippen molar-refractivity contribution in [1.29, 1.82) is 0 Å². The Morgan fingerprint density at radius 1 is 1.47 bits per heavy atom. The van der Waals surface area contributed by atoms with E-state index in [1.54, 1.807) is 0 Å². The molecule has 17 heavy (non-hydrogen) atoms. The molecule has 1 N–H and O–H groups in total. The fraction of sp³-hybridized carbons (Fsp3) is 0.700. The molecular formula is C10H15ClN4O2. The van der Waals surface area contributed by atoms with Gasteiger partial charge in [-0.25, -0.2) is 0 Å². The molecule has 0 bridgehead atoms. The Morgan fingerprint density at radius 3 is 2.94 bits per heavy atom. The van der Waals surface area contributed by atoms with E-state index in [1.165, 1.54) is 0 Å². The van der Waals surface area contributed by atoms with Crippen molar-refractivity contribution in [2.75, 3.05) is 31.2 Å².